The van der Waals surface area contributed by atoms with Gasteiger partial charge in [-0.15, -0.1) is 0 Å². The lowest BCUT2D eigenvalue weighted by Gasteiger charge is -2.26. The molecule has 0 saturated heterocycles. The van der Waals surface area contributed by atoms with Crippen molar-refractivity contribution in [2.45, 2.75) is 49.0 Å². The Balaban J connectivity index is 2.10. The highest BCUT2D eigenvalue weighted by molar-refractivity contribution is 7.89. The zero-order valence-corrected chi connectivity index (χ0v) is 13.9. The van der Waals surface area contributed by atoms with E-state index in [1.165, 1.54) is 18.2 Å². The molecule has 4 nitrogen and oxygen atoms in total. The molecular weight excluding hydrogens is 333 g/mol. The fraction of sp³-hybridized carbons (Fsp3) is 0.571. The Bertz CT molecular complexity index is 576. The maximum atomic E-state index is 12.3. The van der Waals surface area contributed by atoms with Gasteiger partial charge < -0.3 is 5.11 Å². The first-order valence-corrected chi connectivity index (χ1v) is 9.23. The van der Waals surface area contributed by atoms with Gasteiger partial charge in [0.05, 0.1) is 10.5 Å². The Kier molecular flexibility index (Phi) is 5.54. The van der Waals surface area contributed by atoms with E-state index in [0.29, 0.717) is 12.8 Å². The number of halogens is 2. The van der Waals surface area contributed by atoms with Crippen LogP contribution in [0.25, 0.3) is 0 Å². The number of sulfonamides is 1. The molecule has 118 valence electrons. The van der Waals surface area contributed by atoms with Crippen LogP contribution in [0.15, 0.2) is 23.1 Å². The molecule has 0 unspecified atom stereocenters. The van der Waals surface area contributed by atoms with E-state index in [2.05, 4.69) is 4.72 Å². The van der Waals surface area contributed by atoms with Gasteiger partial charge in [-0.2, -0.15) is 0 Å². The molecule has 0 aliphatic heterocycles. The Morgan fingerprint density at radius 1 is 1.05 bits per heavy atom. The average Bonchev–Trinajstić information content (AvgIpc) is 2.61. The summed E-state index contributed by atoms with van der Waals surface area (Å²) in [7, 11) is -3.73. The summed E-state index contributed by atoms with van der Waals surface area (Å²) in [6, 6.07) is 4.15. The Morgan fingerprint density at radius 3 is 2.10 bits per heavy atom. The van der Waals surface area contributed by atoms with Crippen molar-refractivity contribution < 1.29 is 13.5 Å². The lowest BCUT2D eigenvalue weighted by molar-refractivity contribution is 0.0303. The molecule has 1 aliphatic rings. The van der Waals surface area contributed by atoms with Crippen LogP contribution < -0.4 is 4.72 Å². The van der Waals surface area contributed by atoms with Crippen molar-refractivity contribution in [1.82, 2.24) is 4.72 Å². The quantitative estimate of drug-likeness (QED) is 0.817. The van der Waals surface area contributed by atoms with Crippen molar-refractivity contribution in [3.63, 3.8) is 0 Å². The molecule has 0 aromatic heterocycles. The molecule has 7 heteroatoms. The van der Waals surface area contributed by atoms with Crippen molar-refractivity contribution >= 4 is 33.2 Å². The molecule has 0 amide bonds. The monoisotopic (exact) mass is 351 g/mol. The van der Waals surface area contributed by atoms with Gasteiger partial charge in [0.25, 0.3) is 0 Å². The fourth-order valence-corrected chi connectivity index (χ4v) is 4.40. The topological polar surface area (TPSA) is 66.4 Å². The third-order valence-corrected chi connectivity index (χ3v) is 5.59. The molecule has 1 fully saturated rings. The van der Waals surface area contributed by atoms with Gasteiger partial charge >= 0.3 is 0 Å². The van der Waals surface area contributed by atoms with E-state index >= 15 is 0 Å². The highest BCUT2D eigenvalue weighted by Gasteiger charge is 2.30. The maximum Gasteiger partial charge on any atom is 0.240 e. The Hall–Kier alpha value is -0.330. The van der Waals surface area contributed by atoms with Crippen LogP contribution in [-0.4, -0.2) is 25.7 Å². The molecule has 2 rings (SSSR count). The number of hydrogen-bond donors (Lipinski definition) is 2. The number of rotatable bonds is 4. The van der Waals surface area contributed by atoms with Gasteiger partial charge in [-0.1, -0.05) is 48.9 Å². The summed E-state index contributed by atoms with van der Waals surface area (Å²) in [6.45, 7) is 0.0134. The van der Waals surface area contributed by atoms with Crippen LogP contribution >= 0.6 is 23.2 Å². The zero-order valence-electron chi connectivity index (χ0n) is 11.6. The van der Waals surface area contributed by atoms with Gasteiger partial charge in [0.15, 0.2) is 0 Å². The highest BCUT2D eigenvalue weighted by Crippen LogP contribution is 2.27. The number of nitrogens with one attached hydrogen (secondary N) is 1. The predicted molar refractivity (Wildman–Crippen MR) is 84.3 cm³/mol. The van der Waals surface area contributed by atoms with Crippen LogP contribution in [-0.2, 0) is 10.0 Å². The van der Waals surface area contributed by atoms with Crippen LogP contribution in [0.5, 0.6) is 0 Å². The third kappa shape index (κ3) is 4.83. The van der Waals surface area contributed by atoms with E-state index in [9.17, 15) is 13.5 Å². The number of aliphatic hydroxyl groups is 1. The van der Waals surface area contributed by atoms with Crippen molar-refractivity contribution in [1.29, 1.82) is 0 Å². The van der Waals surface area contributed by atoms with Gasteiger partial charge in [0.1, 0.15) is 0 Å². The normalized spacial score (nSPS) is 19.2. The molecule has 0 atom stereocenters. The molecule has 0 bridgehead atoms. The SMILES string of the molecule is O=S(=O)(NCC1(O)CCCCCC1)c1cc(Cl)cc(Cl)c1. The van der Waals surface area contributed by atoms with E-state index in [-0.39, 0.29) is 21.5 Å². The molecule has 1 aromatic rings. The van der Waals surface area contributed by atoms with Gasteiger partial charge in [-0.05, 0) is 31.0 Å². The van der Waals surface area contributed by atoms with Crippen LogP contribution in [0, 0.1) is 0 Å². The summed E-state index contributed by atoms with van der Waals surface area (Å²) in [5.41, 5.74) is -0.966. The summed E-state index contributed by atoms with van der Waals surface area (Å²) in [5, 5.41) is 11.0. The third-order valence-electron chi connectivity index (χ3n) is 3.77. The lowest BCUT2D eigenvalue weighted by atomic mass is 9.95. The molecule has 0 radical (unpaired) electrons. The summed E-state index contributed by atoms with van der Waals surface area (Å²) >= 11 is 11.7. The summed E-state index contributed by atoms with van der Waals surface area (Å²) in [5.74, 6) is 0. The van der Waals surface area contributed by atoms with Gasteiger partial charge in [0, 0.05) is 16.6 Å². The second-order valence-electron chi connectivity index (χ2n) is 5.57. The highest BCUT2D eigenvalue weighted by atomic mass is 35.5. The molecule has 1 saturated carbocycles. The van der Waals surface area contributed by atoms with E-state index in [4.69, 9.17) is 23.2 Å². The van der Waals surface area contributed by atoms with Crippen molar-refractivity contribution in [3.8, 4) is 0 Å². The molecule has 1 aromatic carbocycles. The second kappa shape index (κ2) is 6.84. The van der Waals surface area contributed by atoms with E-state index < -0.39 is 15.6 Å². The molecule has 0 heterocycles. The van der Waals surface area contributed by atoms with E-state index in [0.717, 1.165) is 25.7 Å². The Labute approximate surface area is 135 Å². The van der Waals surface area contributed by atoms with Crippen LogP contribution in [0.4, 0.5) is 0 Å². The second-order valence-corrected chi connectivity index (χ2v) is 8.21. The first-order chi connectivity index (χ1) is 9.81. The lowest BCUT2D eigenvalue weighted by Crippen LogP contribution is -2.42. The minimum absolute atomic E-state index is 0.0113. The smallest absolute Gasteiger partial charge is 0.240 e. The molecule has 0 spiro atoms. The largest absolute Gasteiger partial charge is 0.389 e. The van der Waals surface area contributed by atoms with E-state index in [1.54, 1.807) is 0 Å². The molecule has 2 N–H and O–H groups in total. The standard InChI is InChI=1S/C14H19Cl2NO3S/c15-11-7-12(16)9-13(8-11)21(19,20)17-10-14(18)5-3-1-2-4-6-14/h7-9,17-18H,1-6,10H2. The number of benzene rings is 1. The average molecular weight is 352 g/mol. The van der Waals surface area contributed by atoms with Gasteiger partial charge in [-0.25, -0.2) is 13.1 Å². The summed E-state index contributed by atoms with van der Waals surface area (Å²) < 4.78 is 27.0. The summed E-state index contributed by atoms with van der Waals surface area (Å²) in [4.78, 5) is 0.0113. The zero-order chi connectivity index (χ0) is 15.5. The van der Waals surface area contributed by atoms with E-state index in [1.807, 2.05) is 0 Å². The first-order valence-electron chi connectivity index (χ1n) is 6.99. The van der Waals surface area contributed by atoms with Crippen LogP contribution in [0.2, 0.25) is 10.0 Å². The van der Waals surface area contributed by atoms with Crippen LogP contribution in [0.3, 0.4) is 0 Å². The van der Waals surface area contributed by atoms with Crippen LogP contribution in [0.1, 0.15) is 38.5 Å². The molecular formula is C14H19Cl2NO3S. The maximum absolute atomic E-state index is 12.3. The Morgan fingerprint density at radius 2 is 1.57 bits per heavy atom. The molecule has 1 aliphatic carbocycles. The van der Waals surface area contributed by atoms with Crippen molar-refractivity contribution in [2.24, 2.45) is 0 Å². The number of hydrogen-bond acceptors (Lipinski definition) is 3. The van der Waals surface area contributed by atoms with Gasteiger partial charge in [0.2, 0.25) is 10.0 Å². The summed E-state index contributed by atoms with van der Waals surface area (Å²) in [6.07, 6.45) is 5.23. The van der Waals surface area contributed by atoms with Gasteiger partial charge in [-0.3, -0.25) is 0 Å². The molecule has 21 heavy (non-hydrogen) atoms. The predicted octanol–water partition coefficient (Wildman–Crippen LogP) is 3.36. The van der Waals surface area contributed by atoms with Crippen molar-refractivity contribution in [2.75, 3.05) is 6.54 Å². The minimum atomic E-state index is -3.73. The first kappa shape index (κ1) is 17.0. The fourth-order valence-electron chi connectivity index (χ4n) is 2.56. The minimum Gasteiger partial charge on any atom is -0.389 e. The van der Waals surface area contributed by atoms with Crippen molar-refractivity contribution in [3.05, 3.63) is 28.2 Å².